The van der Waals surface area contributed by atoms with E-state index in [0.717, 1.165) is 21.9 Å². The Morgan fingerprint density at radius 1 is 0.357 bits per heavy atom. The average Bonchev–Trinajstić information content (AvgIpc) is 3.74. The van der Waals surface area contributed by atoms with E-state index < -0.39 is 0 Å². The molecule has 0 unspecified atom stereocenters. The lowest BCUT2D eigenvalue weighted by Gasteiger charge is -2.22. The maximum Gasteiger partial charge on any atom is 0.143 e. The van der Waals surface area contributed by atoms with E-state index in [9.17, 15) is 0 Å². The number of rotatable bonds is 3. The van der Waals surface area contributed by atoms with Crippen molar-refractivity contribution in [2.24, 2.45) is 0 Å². The molecule has 56 heavy (non-hydrogen) atoms. The molecule has 12 rings (SSSR count). The standard InChI is InChI=1S/C55H36O/c1-55(2)48-22-12-11-16-39(48)47-31-36(28-30-49(47)55)52-43-20-9-7-18-41(43)51(42-19-8-10-21-44(42)52)35-25-23-34(24-26-35)46-32-50-53(40-17-6-5-15-38(40)46)45-29-27-33-13-3-4-14-37(33)54(45)56-50/h3-32H,1-2H3. The van der Waals surface area contributed by atoms with Crippen LogP contribution in [0.15, 0.2) is 186 Å². The van der Waals surface area contributed by atoms with Crippen LogP contribution in [0.25, 0.3) is 110 Å². The molecule has 0 amide bonds. The highest BCUT2D eigenvalue weighted by Gasteiger charge is 2.35. The number of hydrogen-bond acceptors (Lipinski definition) is 1. The Kier molecular flexibility index (Phi) is 6.46. The fraction of sp³-hybridized carbons (Fsp3) is 0.0545. The fourth-order valence-electron chi connectivity index (χ4n) is 10.0. The van der Waals surface area contributed by atoms with Gasteiger partial charge >= 0.3 is 0 Å². The van der Waals surface area contributed by atoms with Gasteiger partial charge in [-0.3, -0.25) is 0 Å². The molecule has 0 bridgehead atoms. The molecule has 1 aliphatic rings. The lowest BCUT2D eigenvalue weighted by molar-refractivity contribution is 0.660. The van der Waals surface area contributed by atoms with E-state index >= 15 is 0 Å². The van der Waals surface area contributed by atoms with Crippen LogP contribution in [-0.4, -0.2) is 0 Å². The van der Waals surface area contributed by atoms with Gasteiger partial charge in [-0.2, -0.15) is 0 Å². The Balaban J connectivity index is 1.04. The first-order chi connectivity index (χ1) is 27.5. The summed E-state index contributed by atoms with van der Waals surface area (Å²) in [6.07, 6.45) is 0. The maximum absolute atomic E-state index is 6.73. The Hall–Kier alpha value is -6.96. The smallest absolute Gasteiger partial charge is 0.143 e. The first-order valence-corrected chi connectivity index (χ1v) is 19.6. The Morgan fingerprint density at radius 3 is 1.61 bits per heavy atom. The molecular formula is C55H36O. The van der Waals surface area contributed by atoms with Crippen LogP contribution >= 0.6 is 0 Å². The number of furan rings is 1. The van der Waals surface area contributed by atoms with Gasteiger partial charge in [-0.25, -0.2) is 0 Å². The third kappa shape index (κ3) is 4.31. The van der Waals surface area contributed by atoms with E-state index in [0.29, 0.717) is 0 Å². The van der Waals surface area contributed by atoms with Crippen LogP contribution in [0.5, 0.6) is 0 Å². The first kappa shape index (κ1) is 31.4. The summed E-state index contributed by atoms with van der Waals surface area (Å²) < 4.78 is 6.73. The van der Waals surface area contributed by atoms with Crippen LogP contribution in [0.3, 0.4) is 0 Å². The van der Waals surface area contributed by atoms with E-state index in [1.165, 1.54) is 98.7 Å². The van der Waals surface area contributed by atoms with E-state index in [4.69, 9.17) is 4.42 Å². The van der Waals surface area contributed by atoms with Crippen molar-refractivity contribution in [3.05, 3.63) is 193 Å². The van der Waals surface area contributed by atoms with Crippen molar-refractivity contribution in [2.75, 3.05) is 0 Å². The highest BCUT2D eigenvalue weighted by atomic mass is 16.3. The van der Waals surface area contributed by atoms with Gasteiger partial charge < -0.3 is 4.42 Å². The van der Waals surface area contributed by atoms with Crippen molar-refractivity contribution in [1.82, 2.24) is 0 Å². The van der Waals surface area contributed by atoms with Crippen molar-refractivity contribution < 1.29 is 4.42 Å². The second kappa shape index (κ2) is 11.5. The summed E-state index contributed by atoms with van der Waals surface area (Å²) in [6, 6.07) is 67.1. The van der Waals surface area contributed by atoms with Gasteiger partial charge in [0.25, 0.3) is 0 Å². The van der Waals surface area contributed by atoms with Gasteiger partial charge in [-0.1, -0.05) is 178 Å². The van der Waals surface area contributed by atoms with Gasteiger partial charge in [0.2, 0.25) is 0 Å². The van der Waals surface area contributed by atoms with Crippen LogP contribution in [-0.2, 0) is 5.41 Å². The highest BCUT2D eigenvalue weighted by molar-refractivity contribution is 6.26. The Morgan fingerprint density at radius 2 is 0.893 bits per heavy atom. The zero-order chi connectivity index (χ0) is 37.1. The van der Waals surface area contributed by atoms with Crippen LogP contribution < -0.4 is 0 Å². The monoisotopic (exact) mass is 712 g/mol. The zero-order valence-electron chi connectivity index (χ0n) is 31.2. The third-order valence-electron chi connectivity index (χ3n) is 12.7. The SMILES string of the molecule is CC1(C)c2ccccc2-c2cc(-c3c4ccccc4c(-c4ccc(-c5cc6oc7c8ccccc8ccc7c6c6ccccc56)cc4)c4ccccc34)ccc21. The average molecular weight is 713 g/mol. The summed E-state index contributed by atoms with van der Waals surface area (Å²) in [6.45, 7) is 4.70. The summed E-state index contributed by atoms with van der Waals surface area (Å²) in [4.78, 5) is 0. The van der Waals surface area contributed by atoms with Gasteiger partial charge in [0, 0.05) is 21.6 Å². The molecular weight excluding hydrogens is 677 g/mol. The molecule has 0 saturated heterocycles. The van der Waals surface area contributed by atoms with E-state index in [2.05, 4.69) is 196 Å². The molecule has 1 heterocycles. The topological polar surface area (TPSA) is 13.1 Å². The van der Waals surface area contributed by atoms with Crippen molar-refractivity contribution in [3.63, 3.8) is 0 Å². The molecule has 1 aromatic heterocycles. The molecule has 10 aromatic carbocycles. The summed E-state index contributed by atoms with van der Waals surface area (Å²) in [5.74, 6) is 0. The summed E-state index contributed by atoms with van der Waals surface area (Å²) >= 11 is 0. The van der Waals surface area contributed by atoms with Crippen LogP contribution in [0, 0.1) is 0 Å². The first-order valence-electron chi connectivity index (χ1n) is 19.6. The summed E-state index contributed by atoms with van der Waals surface area (Å²) in [5, 5.41) is 12.2. The summed E-state index contributed by atoms with van der Waals surface area (Å²) in [5.41, 5.74) is 14.7. The van der Waals surface area contributed by atoms with Gasteiger partial charge in [0.1, 0.15) is 11.2 Å². The summed E-state index contributed by atoms with van der Waals surface area (Å²) in [7, 11) is 0. The van der Waals surface area contributed by atoms with E-state index in [1.807, 2.05) is 0 Å². The molecule has 1 aliphatic carbocycles. The third-order valence-corrected chi connectivity index (χ3v) is 12.7. The highest BCUT2D eigenvalue weighted by Crippen LogP contribution is 2.51. The molecule has 0 N–H and O–H groups in total. The van der Waals surface area contributed by atoms with Gasteiger partial charge in [-0.15, -0.1) is 0 Å². The lowest BCUT2D eigenvalue weighted by Crippen LogP contribution is -2.14. The predicted molar refractivity (Wildman–Crippen MR) is 238 cm³/mol. The van der Waals surface area contributed by atoms with Crippen LogP contribution in [0.2, 0.25) is 0 Å². The molecule has 1 heteroatoms. The quantitative estimate of drug-likeness (QED) is 0.166. The van der Waals surface area contributed by atoms with Crippen molar-refractivity contribution in [2.45, 2.75) is 19.3 Å². The van der Waals surface area contributed by atoms with Crippen molar-refractivity contribution in [1.29, 1.82) is 0 Å². The van der Waals surface area contributed by atoms with E-state index in [-0.39, 0.29) is 5.41 Å². The lowest BCUT2D eigenvalue weighted by atomic mass is 9.81. The van der Waals surface area contributed by atoms with Crippen LogP contribution in [0.4, 0.5) is 0 Å². The van der Waals surface area contributed by atoms with Gasteiger partial charge in [-0.05, 0) is 112 Å². The molecule has 0 spiro atoms. The predicted octanol–water partition coefficient (Wildman–Crippen LogP) is 15.5. The molecule has 0 saturated carbocycles. The molecule has 0 aliphatic heterocycles. The molecule has 1 nitrogen and oxygen atoms in total. The normalized spacial score (nSPS) is 13.3. The van der Waals surface area contributed by atoms with E-state index in [1.54, 1.807) is 0 Å². The number of fused-ring (bicyclic) bond motifs is 12. The Labute approximate surface area is 325 Å². The largest absolute Gasteiger partial charge is 0.455 e. The second-order valence-corrected chi connectivity index (χ2v) is 16.0. The van der Waals surface area contributed by atoms with Gasteiger partial charge in [0.05, 0.1) is 0 Å². The van der Waals surface area contributed by atoms with Crippen LogP contribution in [0.1, 0.15) is 25.0 Å². The molecule has 0 radical (unpaired) electrons. The molecule has 0 fully saturated rings. The molecule has 262 valence electrons. The van der Waals surface area contributed by atoms with Crippen molar-refractivity contribution >= 4 is 65.0 Å². The number of hydrogen-bond donors (Lipinski definition) is 0. The minimum Gasteiger partial charge on any atom is -0.455 e. The second-order valence-electron chi connectivity index (χ2n) is 16.0. The molecule has 0 atom stereocenters. The zero-order valence-corrected chi connectivity index (χ0v) is 31.2. The Bertz CT molecular complexity index is 3370. The van der Waals surface area contributed by atoms with Gasteiger partial charge in [0.15, 0.2) is 0 Å². The molecule has 11 aromatic rings. The minimum absolute atomic E-state index is 0.0242. The maximum atomic E-state index is 6.73. The fourth-order valence-corrected chi connectivity index (χ4v) is 10.0. The minimum atomic E-state index is -0.0242. The van der Waals surface area contributed by atoms with Crippen molar-refractivity contribution in [3.8, 4) is 44.5 Å². The number of benzene rings is 10.